The molecular weight excluding hydrogens is 286 g/mol. The molecule has 0 radical (unpaired) electrons. The Morgan fingerprint density at radius 2 is 1.91 bits per heavy atom. The van der Waals surface area contributed by atoms with Crippen LogP contribution in [0, 0.1) is 0 Å². The topological polar surface area (TPSA) is 93.5 Å². The second kappa shape index (κ2) is 6.81. The first-order valence-electron chi connectivity index (χ1n) is 7.27. The number of nitrogens with zero attached hydrogens (tertiary/aromatic N) is 1. The molecule has 1 aromatic heterocycles. The van der Waals surface area contributed by atoms with Gasteiger partial charge in [-0.25, -0.2) is 4.79 Å². The van der Waals surface area contributed by atoms with Crippen molar-refractivity contribution in [3.8, 4) is 0 Å². The van der Waals surface area contributed by atoms with Crippen LogP contribution >= 0.6 is 0 Å². The standard InChI is InChI=1S/C15H25N3O4/c1-7-11-10(8-17-22-11)12(19)16-9-15(5,6)18-13(20)21-14(2,3)4/h8H,7,9H2,1-6H3,(H,16,19)(H,18,20). The monoisotopic (exact) mass is 311 g/mol. The van der Waals surface area contributed by atoms with Crippen molar-refractivity contribution in [2.24, 2.45) is 0 Å². The van der Waals surface area contributed by atoms with E-state index in [2.05, 4.69) is 15.8 Å². The van der Waals surface area contributed by atoms with Gasteiger partial charge in [0.25, 0.3) is 5.91 Å². The largest absolute Gasteiger partial charge is 0.444 e. The summed E-state index contributed by atoms with van der Waals surface area (Å²) in [5.74, 6) is 0.257. The maximum absolute atomic E-state index is 12.1. The van der Waals surface area contributed by atoms with Crippen molar-refractivity contribution in [1.29, 1.82) is 0 Å². The normalized spacial score (nSPS) is 11.9. The summed E-state index contributed by atoms with van der Waals surface area (Å²) in [6.07, 6.45) is 1.45. The third-order valence-corrected chi connectivity index (χ3v) is 2.74. The molecule has 0 saturated carbocycles. The van der Waals surface area contributed by atoms with Crippen molar-refractivity contribution in [3.63, 3.8) is 0 Å². The van der Waals surface area contributed by atoms with Crippen molar-refractivity contribution in [2.75, 3.05) is 6.54 Å². The zero-order valence-corrected chi connectivity index (χ0v) is 14.1. The van der Waals surface area contributed by atoms with Crippen molar-refractivity contribution in [3.05, 3.63) is 17.5 Å². The van der Waals surface area contributed by atoms with Crippen molar-refractivity contribution >= 4 is 12.0 Å². The summed E-state index contributed by atoms with van der Waals surface area (Å²) in [7, 11) is 0. The minimum Gasteiger partial charge on any atom is -0.444 e. The van der Waals surface area contributed by atoms with Crippen molar-refractivity contribution < 1.29 is 18.8 Å². The molecule has 124 valence electrons. The van der Waals surface area contributed by atoms with E-state index in [1.54, 1.807) is 34.6 Å². The number of rotatable bonds is 5. The van der Waals surface area contributed by atoms with Gasteiger partial charge in [-0.2, -0.15) is 0 Å². The highest BCUT2D eigenvalue weighted by molar-refractivity contribution is 5.94. The van der Waals surface area contributed by atoms with Gasteiger partial charge in [0.05, 0.1) is 11.7 Å². The van der Waals surface area contributed by atoms with Crippen LogP contribution in [0.4, 0.5) is 4.79 Å². The van der Waals surface area contributed by atoms with E-state index in [0.717, 1.165) is 0 Å². The number of carbonyl (C=O) groups is 2. The van der Waals surface area contributed by atoms with Gasteiger partial charge >= 0.3 is 6.09 Å². The average molecular weight is 311 g/mol. The van der Waals surface area contributed by atoms with E-state index in [-0.39, 0.29) is 12.5 Å². The molecule has 2 amide bonds. The van der Waals surface area contributed by atoms with Gasteiger partial charge in [0.2, 0.25) is 0 Å². The Kier molecular flexibility index (Phi) is 5.57. The molecule has 1 heterocycles. The highest BCUT2D eigenvalue weighted by atomic mass is 16.6. The Morgan fingerprint density at radius 3 is 2.45 bits per heavy atom. The third-order valence-electron chi connectivity index (χ3n) is 2.74. The Bertz CT molecular complexity index is 529. The van der Waals surface area contributed by atoms with Gasteiger partial charge in [-0.1, -0.05) is 12.1 Å². The lowest BCUT2D eigenvalue weighted by atomic mass is 10.1. The molecule has 0 fully saturated rings. The Balaban J connectivity index is 2.55. The summed E-state index contributed by atoms with van der Waals surface area (Å²) >= 11 is 0. The number of nitrogens with one attached hydrogen (secondary N) is 2. The van der Waals surface area contributed by atoms with E-state index in [9.17, 15) is 9.59 Å². The van der Waals surface area contributed by atoms with Gasteiger partial charge < -0.3 is 19.9 Å². The van der Waals surface area contributed by atoms with Crippen LogP contribution in [0.25, 0.3) is 0 Å². The number of aryl methyl sites for hydroxylation is 1. The lowest BCUT2D eigenvalue weighted by Crippen LogP contribution is -2.52. The van der Waals surface area contributed by atoms with E-state index < -0.39 is 17.2 Å². The van der Waals surface area contributed by atoms with Crippen LogP contribution in [0.5, 0.6) is 0 Å². The summed E-state index contributed by atoms with van der Waals surface area (Å²) in [4.78, 5) is 23.9. The molecule has 0 bridgehead atoms. The highest BCUT2D eigenvalue weighted by Crippen LogP contribution is 2.11. The number of hydrogen-bond acceptors (Lipinski definition) is 5. The number of amides is 2. The van der Waals surface area contributed by atoms with E-state index in [1.807, 2.05) is 6.92 Å². The van der Waals surface area contributed by atoms with E-state index >= 15 is 0 Å². The maximum atomic E-state index is 12.1. The maximum Gasteiger partial charge on any atom is 0.408 e. The molecule has 0 aromatic carbocycles. The summed E-state index contributed by atoms with van der Waals surface area (Å²) in [6.45, 7) is 11.1. The zero-order valence-electron chi connectivity index (χ0n) is 14.1. The van der Waals surface area contributed by atoms with E-state index in [0.29, 0.717) is 17.7 Å². The van der Waals surface area contributed by atoms with Gasteiger partial charge in [-0.3, -0.25) is 4.79 Å². The van der Waals surface area contributed by atoms with Crippen LogP contribution in [-0.2, 0) is 11.2 Å². The number of carbonyl (C=O) groups excluding carboxylic acids is 2. The Labute approximate surface area is 130 Å². The van der Waals surface area contributed by atoms with Crippen molar-refractivity contribution in [1.82, 2.24) is 15.8 Å². The smallest absolute Gasteiger partial charge is 0.408 e. The van der Waals surface area contributed by atoms with Crippen LogP contribution in [-0.4, -0.2) is 34.8 Å². The molecular formula is C15H25N3O4. The molecule has 2 N–H and O–H groups in total. The van der Waals surface area contributed by atoms with Gasteiger partial charge in [0.15, 0.2) is 0 Å². The van der Waals surface area contributed by atoms with Crippen LogP contribution in [0.1, 0.15) is 57.7 Å². The number of hydrogen-bond donors (Lipinski definition) is 2. The van der Waals surface area contributed by atoms with E-state index in [1.165, 1.54) is 6.20 Å². The minimum absolute atomic E-state index is 0.249. The Morgan fingerprint density at radius 1 is 1.27 bits per heavy atom. The van der Waals surface area contributed by atoms with Crippen LogP contribution in [0.2, 0.25) is 0 Å². The van der Waals surface area contributed by atoms with Crippen molar-refractivity contribution in [2.45, 2.75) is 59.1 Å². The number of alkyl carbamates (subject to hydrolysis) is 1. The van der Waals surface area contributed by atoms with Crippen LogP contribution in [0.3, 0.4) is 0 Å². The molecule has 1 rings (SSSR count). The third kappa shape index (κ3) is 5.75. The first-order chi connectivity index (χ1) is 10.0. The van der Waals surface area contributed by atoms with Gasteiger partial charge in [0.1, 0.15) is 16.9 Å². The fraction of sp³-hybridized carbons (Fsp3) is 0.667. The highest BCUT2D eigenvalue weighted by Gasteiger charge is 2.26. The van der Waals surface area contributed by atoms with Crippen LogP contribution < -0.4 is 10.6 Å². The number of aromatic nitrogens is 1. The summed E-state index contributed by atoms with van der Waals surface area (Å²) < 4.78 is 10.2. The predicted molar refractivity (Wildman–Crippen MR) is 81.7 cm³/mol. The molecule has 0 unspecified atom stereocenters. The molecule has 0 aliphatic carbocycles. The first-order valence-corrected chi connectivity index (χ1v) is 7.27. The van der Waals surface area contributed by atoms with Gasteiger partial charge in [-0.05, 0) is 34.6 Å². The predicted octanol–water partition coefficient (Wildman–Crippen LogP) is 2.27. The lowest BCUT2D eigenvalue weighted by Gasteiger charge is -2.28. The fourth-order valence-electron chi connectivity index (χ4n) is 1.72. The molecule has 0 aliphatic heterocycles. The molecule has 0 spiro atoms. The minimum atomic E-state index is -0.651. The average Bonchev–Trinajstić information content (AvgIpc) is 2.81. The molecule has 7 nitrogen and oxygen atoms in total. The molecule has 0 aliphatic rings. The Hall–Kier alpha value is -2.05. The molecule has 0 saturated heterocycles. The second-order valence-corrected chi connectivity index (χ2v) is 6.71. The lowest BCUT2D eigenvalue weighted by molar-refractivity contribution is 0.0469. The molecule has 0 atom stereocenters. The second-order valence-electron chi connectivity index (χ2n) is 6.71. The fourth-order valence-corrected chi connectivity index (χ4v) is 1.72. The molecule has 1 aromatic rings. The molecule has 22 heavy (non-hydrogen) atoms. The van der Waals surface area contributed by atoms with Gasteiger partial charge in [-0.15, -0.1) is 0 Å². The number of ether oxygens (including phenoxy) is 1. The SMILES string of the molecule is CCc1oncc1C(=O)NCC(C)(C)NC(=O)OC(C)(C)C. The first kappa shape index (κ1) is 18.0. The summed E-state index contributed by atoms with van der Waals surface area (Å²) in [5, 5.41) is 9.11. The van der Waals surface area contributed by atoms with Gasteiger partial charge in [0, 0.05) is 13.0 Å². The summed E-state index contributed by atoms with van der Waals surface area (Å²) in [5.41, 5.74) is -0.806. The van der Waals surface area contributed by atoms with E-state index in [4.69, 9.17) is 9.26 Å². The van der Waals surface area contributed by atoms with Crippen LogP contribution in [0.15, 0.2) is 10.7 Å². The summed E-state index contributed by atoms with van der Waals surface area (Å²) in [6, 6.07) is 0. The quantitative estimate of drug-likeness (QED) is 0.870. The zero-order chi connectivity index (χ0) is 17.0. The molecule has 7 heteroatoms.